The summed E-state index contributed by atoms with van der Waals surface area (Å²) >= 11 is 0. The average molecular weight is 338 g/mol. The zero-order valence-corrected chi connectivity index (χ0v) is 13.8. The van der Waals surface area contributed by atoms with Gasteiger partial charge < -0.3 is 24.1 Å². The van der Waals surface area contributed by atoms with Crippen molar-refractivity contribution in [1.82, 2.24) is 4.57 Å². The molecule has 2 aromatic carbocycles. The van der Waals surface area contributed by atoms with Gasteiger partial charge >= 0.3 is 0 Å². The second-order valence-electron chi connectivity index (χ2n) is 5.77. The highest BCUT2D eigenvalue weighted by atomic mass is 16.6. The lowest BCUT2D eigenvalue weighted by Crippen LogP contribution is -2.19. The highest BCUT2D eigenvalue weighted by Crippen LogP contribution is 2.32. The predicted octanol–water partition coefficient (Wildman–Crippen LogP) is 3.06. The Hall–Kier alpha value is -3.15. The molecule has 0 saturated carbocycles. The summed E-state index contributed by atoms with van der Waals surface area (Å²) in [5.41, 5.74) is 1.67. The number of anilines is 1. The molecule has 0 radical (unpaired) electrons. The summed E-state index contributed by atoms with van der Waals surface area (Å²) in [4.78, 5) is 12.4. The molecule has 0 fully saturated rings. The number of carbonyl (C=O) groups is 1. The third kappa shape index (κ3) is 3.10. The van der Waals surface area contributed by atoms with Crippen LogP contribution in [0.4, 0.5) is 5.69 Å². The summed E-state index contributed by atoms with van der Waals surface area (Å²) in [6.07, 6.45) is 1.90. The van der Waals surface area contributed by atoms with Crippen molar-refractivity contribution < 1.29 is 19.0 Å². The summed E-state index contributed by atoms with van der Waals surface area (Å²) in [6.45, 7) is 1.29. The first-order valence-corrected chi connectivity index (χ1v) is 8.05. The Balaban J connectivity index is 1.49. The smallest absolute Gasteiger partial charge is 0.244 e. The van der Waals surface area contributed by atoms with E-state index in [0.29, 0.717) is 30.4 Å². The number of carbonyl (C=O) groups excluding carboxylic acids is 1. The van der Waals surface area contributed by atoms with E-state index in [0.717, 1.165) is 16.7 Å². The molecule has 0 atom stereocenters. The van der Waals surface area contributed by atoms with E-state index in [9.17, 15) is 4.79 Å². The molecule has 25 heavy (non-hydrogen) atoms. The number of hydrogen-bond donors (Lipinski definition) is 1. The number of nitrogens with one attached hydrogen (secondary N) is 1. The lowest BCUT2D eigenvalue weighted by molar-refractivity contribution is -0.116. The number of ether oxygens (including phenoxy) is 3. The lowest BCUT2D eigenvalue weighted by Gasteiger charge is -2.19. The first-order valence-electron chi connectivity index (χ1n) is 8.05. The van der Waals surface area contributed by atoms with Gasteiger partial charge in [-0.15, -0.1) is 0 Å². The fraction of sp³-hybridized carbons (Fsp3) is 0.211. The maximum Gasteiger partial charge on any atom is 0.244 e. The van der Waals surface area contributed by atoms with Crippen LogP contribution in [0, 0.1) is 0 Å². The molecule has 6 heteroatoms. The Labute approximate surface area is 144 Å². The van der Waals surface area contributed by atoms with E-state index in [4.69, 9.17) is 14.2 Å². The van der Waals surface area contributed by atoms with Gasteiger partial charge in [0.05, 0.1) is 7.11 Å². The first-order chi connectivity index (χ1) is 12.2. The van der Waals surface area contributed by atoms with E-state index in [-0.39, 0.29) is 12.5 Å². The zero-order valence-electron chi connectivity index (χ0n) is 13.8. The maximum absolute atomic E-state index is 12.4. The number of benzene rings is 2. The van der Waals surface area contributed by atoms with Crippen molar-refractivity contribution in [2.75, 3.05) is 25.6 Å². The molecule has 4 rings (SSSR count). The molecule has 0 aliphatic carbocycles. The molecule has 2 heterocycles. The number of methoxy groups -OCH3 is 1. The fourth-order valence-electron chi connectivity index (χ4n) is 2.92. The number of hydrogen-bond acceptors (Lipinski definition) is 4. The Morgan fingerprint density at radius 3 is 2.80 bits per heavy atom. The quantitative estimate of drug-likeness (QED) is 0.794. The monoisotopic (exact) mass is 338 g/mol. The third-order valence-corrected chi connectivity index (χ3v) is 4.12. The van der Waals surface area contributed by atoms with Crippen molar-refractivity contribution in [3.63, 3.8) is 0 Å². The molecule has 3 aromatic rings. The van der Waals surface area contributed by atoms with Crippen molar-refractivity contribution in [2.45, 2.75) is 6.54 Å². The van der Waals surface area contributed by atoms with Crippen LogP contribution in [-0.4, -0.2) is 30.8 Å². The van der Waals surface area contributed by atoms with Crippen molar-refractivity contribution in [1.29, 1.82) is 0 Å². The van der Waals surface area contributed by atoms with Crippen LogP contribution in [0.5, 0.6) is 17.2 Å². The summed E-state index contributed by atoms with van der Waals surface area (Å²) in [6, 6.07) is 13.2. The van der Waals surface area contributed by atoms with Gasteiger partial charge in [-0.25, -0.2) is 0 Å². The highest BCUT2D eigenvalue weighted by molar-refractivity contribution is 5.92. The molecule has 0 unspecified atom stereocenters. The summed E-state index contributed by atoms with van der Waals surface area (Å²) < 4.78 is 18.2. The van der Waals surface area contributed by atoms with Gasteiger partial charge in [0.1, 0.15) is 25.5 Å². The molecule has 128 valence electrons. The third-order valence-electron chi connectivity index (χ3n) is 4.12. The minimum atomic E-state index is -0.106. The Bertz CT molecular complexity index is 932. The van der Waals surface area contributed by atoms with Crippen LogP contribution < -0.4 is 19.5 Å². The highest BCUT2D eigenvalue weighted by Gasteiger charge is 2.13. The van der Waals surface area contributed by atoms with E-state index >= 15 is 0 Å². The average Bonchev–Trinajstić information content (AvgIpc) is 3.03. The predicted molar refractivity (Wildman–Crippen MR) is 94.6 cm³/mol. The molecular formula is C19H18N2O4. The Morgan fingerprint density at radius 2 is 1.96 bits per heavy atom. The van der Waals surface area contributed by atoms with E-state index in [1.807, 2.05) is 41.1 Å². The molecule has 1 aliphatic heterocycles. The van der Waals surface area contributed by atoms with Crippen molar-refractivity contribution >= 4 is 22.5 Å². The molecule has 0 bridgehead atoms. The number of amides is 1. The maximum atomic E-state index is 12.4. The van der Waals surface area contributed by atoms with Gasteiger partial charge in [-0.1, -0.05) is 0 Å². The van der Waals surface area contributed by atoms with Crippen LogP contribution in [0.15, 0.2) is 48.7 Å². The first kappa shape index (κ1) is 15.4. The summed E-state index contributed by atoms with van der Waals surface area (Å²) in [5, 5.41) is 3.93. The van der Waals surface area contributed by atoms with Crippen LogP contribution >= 0.6 is 0 Å². The van der Waals surface area contributed by atoms with Gasteiger partial charge in [-0.3, -0.25) is 4.79 Å². The lowest BCUT2D eigenvalue weighted by atomic mass is 10.2. The molecule has 1 amide bonds. The number of aromatic nitrogens is 1. The normalized spacial score (nSPS) is 12.8. The minimum Gasteiger partial charge on any atom is -0.497 e. The van der Waals surface area contributed by atoms with E-state index in [1.165, 1.54) is 0 Å². The van der Waals surface area contributed by atoms with Gasteiger partial charge in [-0.05, 0) is 36.4 Å². The van der Waals surface area contributed by atoms with Gasteiger partial charge in [0.25, 0.3) is 0 Å². The van der Waals surface area contributed by atoms with Crippen LogP contribution in [0.25, 0.3) is 10.9 Å². The van der Waals surface area contributed by atoms with Crippen LogP contribution in [0.1, 0.15) is 0 Å². The molecule has 1 N–H and O–H groups in total. The second-order valence-corrected chi connectivity index (χ2v) is 5.77. The van der Waals surface area contributed by atoms with Crippen molar-refractivity contribution in [2.24, 2.45) is 0 Å². The van der Waals surface area contributed by atoms with E-state index in [2.05, 4.69) is 5.32 Å². The summed E-state index contributed by atoms with van der Waals surface area (Å²) in [7, 11) is 1.64. The second kappa shape index (κ2) is 6.39. The van der Waals surface area contributed by atoms with Gasteiger partial charge in [-0.2, -0.15) is 0 Å². The SMILES string of the molecule is COc1ccc2c(ccn2CC(=O)Nc2ccc3c(c2)OCCO3)c1. The topological polar surface area (TPSA) is 61.7 Å². The van der Waals surface area contributed by atoms with Gasteiger partial charge in [0.2, 0.25) is 5.91 Å². The van der Waals surface area contributed by atoms with Crippen molar-refractivity contribution in [3.05, 3.63) is 48.7 Å². The number of fused-ring (bicyclic) bond motifs is 2. The molecule has 1 aliphatic rings. The standard InChI is InChI=1S/C19H18N2O4/c1-23-15-3-4-16-13(10-15)6-7-21(16)12-19(22)20-14-2-5-17-18(11-14)25-9-8-24-17/h2-7,10-11H,8-9,12H2,1H3,(H,20,22). The Kier molecular flexibility index (Phi) is 3.93. The van der Waals surface area contributed by atoms with E-state index < -0.39 is 0 Å². The van der Waals surface area contributed by atoms with E-state index in [1.54, 1.807) is 19.2 Å². The van der Waals surface area contributed by atoms with Crippen LogP contribution in [-0.2, 0) is 11.3 Å². The molecule has 1 aromatic heterocycles. The zero-order chi connectivity index (χ0) is 17.2. The largest absolute Gasteiger partial charge is 0.497 e. The van der Waals surface area contributed by atoms with Crippen molar-refractivity contribution in [3.8, 4) is 17.2 Å². The Morgan fingerprint density at radius 1 is 1.12 bits per heavy atom. The minimum absolute atomic E-state index is 0.106. The molecular weight excluding hydrogens is 320 g/mol. The van der Waals surface area contributed by atoms with Crippen LogP contribution in [0.2, 0.25) is 0 Å². The van der Waals surface area contributed by atoms with Gasteiger partial charge in [0, 0.05) is 28.9 Å². The van der Waals surface area contributed by atoms with Crippen LogP contribution in [0.3, 0.4) is 0 Å². The number of rotatable bonds is 4. The van der Waals surface area contributed by atoms with Gasteiger partial charge in [0.15, 0.2) is 11.5 Å². The number of nitrogens with zero attached hydrogens (tertiary/aromatic N) is 1. The summed E-state index contributed by atoms with van der Waals surface area (Å²) in [5.74, 6) is 2.05. The molecule has 0 saturated heterocycles. The molecule has 0 spiro atoms. The molecule has 6 nitrogen and oxygen atoms in total. The fourth-order valence-corrected chi connectivity index (χ4v) is 2.92.